The standard InChI is InChI=1S/C11H11FN2O2/c12-8-2-1-3-9(7(8)4-13)14-5-10(15)11(16)6-14/h1-3,10-11,15-16H,5-6H2. The molecule has 0 spiro atoms. The third-order valence-corrected chi connectivity index (χ3v) is 2.70. The average Bonchev–Trinajstić information content (AvgIpc) is 2.59. The van der Waals surface area contributed by atoms with Crippen LogP contribution in [0.15, 0.2) is 18.2 Å². The van der Waals surface area contributed by atoms with Crippen LogP contribution >= 0.6 is 0 Å². The number of nitrogens with zero attached hydrogens (tertiary/aromatic N) is 2. The summed E-state index contributed by atoms with van der Waals surface area (Å²) in [5.74, 6) is -0.587. The smallest absolute Gasteiger partial charge is 0.143 e. The fourth-order valence-corrected chi connectivity index (χ4v) is 1.85. The molecule has 16 heavy (non-hydrogen) atoms. The summed E-state index contributed by atoms with van der Waals surface area (Å²) < 4.78 is 13.3. The molecule has 1 fully saturated rings. The number of rotatable bonds is 1. The topological polar surface area (TPSA) is 67.5 Å². The molecule has 1 heterocycles. The monoisotopic (exact) mass is 222 g/mol. The molecule has 0 aromatic heterocycles. The van der Waals surface area contributed by atoms with Crippen molar-refractivity contribution < 1.29 is 14.6 Å². The molecular formula is C11H11FN2O2. The van der Waals surface area contributed by atoms with Gasteiger partial charge in [-0.05, 0) is 12.1 Å². The maximum absolute atomic E-state index is 13.3. The van der Waals surface area contributed by atoms with Gasteiger partial charge in [-0.1, -0.05) is 6.07 Å². The zero-order valence-electron chi connectivity index (χ0n) is 8.47. The molecule has 1 aliphatic rings. The van der Waals surface area contributed by atoms with Gasteiger partial charge in [0.15, 0.2) is 0 Å². The van der Waals surface area contributed by atoms with Crippen LogP contribution in [0.3, 0.4) is 0 Å². The Balaban J connectivity index is 2.35. The van der Waals surface area contributed by atoms with Crippen LogP contribution in [-0.2, 0) is 0 Å². The van der Waals surface area contributed by atoms with Crippen molar-refractivity contribution in [2.75, 3.05) is 18.0 Å². The second-order valence-corrected chi connectivity index (χ2v) is 3.79. The summed E-state index contributed by atoms with van der Waals surface area (Å²) in [7, 11) is 0. The highest BCUT2D eigenvalue weighted by Gasteiger charge is 2.31. The summed E-state index contributed by atoms with van der Waals surface area (Å²) in [5, 5.41) is 27.6. The van der Waals surface area contributed by atoms with Crippen molar-refractivity contribution in [3.05, 3.63) is 29.6 Å². The number of aliphatic hydroxyl groups excluding tert-OH is 2. The van der Waals surface area contributed by atoms with E-state index in [9.17, 15) is 14.6 Å². The molecule has 0 radical (unpaired) electrons. The molecule has 0 amide bonds. The Kier molecular flexibility index (Phi) is 2.77. The molecule has 0 aliphatic carbocycles. The van der Waals surface area contributed by atoms with Crippen LogP contribution in [0.4, 0.5) is 10.1 Å². The van der Waals surface area contributed by atoms with Crippen molar-refractivity contribution in [2.24, 2.45) is 0 Å². The SMILES string of the molecule is N#Cc1c(F)cccc1N1CC(O)C(O)C1. The molecular weight excluding hydrogens is 211 g/mol. The summed E-state index contributed by atoms with van der Waals surface area (Å²) in [6.07, 6.45) is -1.70. The molecule has 4 nitrogen and oxygen atoms in total. The van der Waals surface area contributed by atoms with Crippen LogP contribution in [0.1, 0.15) is 5.56 Å². The molecule has 5 heteroatoms. The van der Waals surface area contributed by atoms with Gasteiger partial charge in [0, 0.05) is 13.1 Å². The zero-order chi connectivity index (χ0) is 11.7. The summed E-state index contributed by atoms with van der Waals surface area (Å²) in [6.45, 7) is 0.415. The van der Waals surface area contributed by atoms with E-state index < -0.39 is 18.0 Å². The Labute approximate surface area is 92.2 Å². The molecule has 2 N–H and O–H groups in total. The third kappa shape index (κ3) is 1.73. The van der Waals surface area contributed by atoms with Crippen molar-refractivity contribution in [1.82, 2.24) is 0 Å². The van der Waals surface area contributed by atoms with Gasteiger partial charge in [0.05, 0.1) is 17.9 Å². The van der Waals surface area contributed by atoms with E-state index in [2.05, 4.69) is 0 Å². The first kappa shape index (κ1) is 10.9. The first-order valence-corrected chi connectivity index (χ1v) is 4.93. The lowest BCUT2D eigenvalue weighted by Crippen LogP contribution is -2.22. The highest BCUT2D eigenvalue weighted by atomic mass is 19.1. The van der Waals surface area contributed by atoms with Gasteiger partial charge in [-0.3, -0.25) is 0 Å². The van der Waals surface area contributed by atoms with Crippen LogP contribution in [0.2, 0.25) is 0 Å². The summed E-state index contributed by atoms with van der Waals surface area (Å²) in [4.78, 5) is 1.61. The first-order chi connectivity index (χ1) is 7.63. The van der Waals surface area contributed by atoms with Crippen molar-refractivity contribution in [2.45, 2.75) is 12.2 Å². The quantitative estimate of drug-likeness (QED) is 0.714. The van der Waals surface area contributed by atoms with Gasteiger partial charge in [-0.2, -0.15) is 5.26 Å². The fraction of sp³-hybridized carbons (Fsp3) is 0.364. The van der Waals surface area contributed by atoms with E-state index in [-0.39, 0.29) is 18.7 Å². The van der Waals surface area contributed by atoms with Crippen molar-refractivity contribution in [3.8, 4) is 6.07 Å². The van der Waals surface area contributed by atoms with Crippen molar-refractivity contribution in [3.63, 3.8) is 0 Å². The third-order valence-electron chi connectivity index (χ3n) is 2.70. The zero-order valence-corrected chi connectivity index (χ0v) is 8.47. The van der Waals surface area contributed by atoms with Crippen LogP contribution < -0.4 is 4.90 Å². The van der Waals surface area contributed by atoms with Gasteiger partial charge in [-0.25, -0.2) is 4.39 Å². The molecule has 1 saturated heterocycles. The minimum atomic E-state index is -0.852. The van der Waals surface area contributed by atoms with Crippen molar-refractivity contribution >= 4 is 5.69 Å². The van der Waals surface area contributed by atoms with Crippen molar-refractivity contribution in [1.29, 1.82) is 5.26 Å². The largest absolute Gasteiger partial charge is 0.389 e. The molecule has 0 bridgehead atoms. The number of hydrogen-bond acceptors (Lipinski definition) is 4. The Hall–Kier alpha value is -1.64. The lowest BCUT2D eigenvalue weighted by atomic mass is 10.1. The normalized spacial score (nSPS) is 24.5. The molecule has 1 aromatic carbocycles. The lowest BCUT2D eigenvalue weighted by molar-refractivity contribution is 0.0572. The van der Waals surface area contributed by atoms with E-state index in [0.29, 0.717) is 5.69 Å². The van der Waals surface area contributed by atoms with Crippen LogP contribution in [0.5, 0.6) is 0 Å². The van der Waals surface area contributed by atoms with Gasteiger partial charge in [-0.15, -0.1) is 0 Å². The van der Waals surface area contributed by atoms with E-state index >= 15 is 0 Å². The Morgan fingerprint density at radius 2 is 1.94 bits per heavy atom. The number of halogens is 1. The molecule has 84 valence electrons. The molecule has 1 aromatic rings. The number of β-amino-alcohol motifs (C(OH)–C–C–N with tert-alkyl or cyclic N) is 2. The molecule has 2 atom stereocenters. The number of hydrogen-bond donors (Lipinski definition) is 2. The van der Waals surface area contributed by atoms with Gasteiger partial charge < -0.3 is 15.1 Å². The van der Waals surface area contributed by atoms with E-state index in [1.807, 2.05) is 0 Å². The lowest BCUT2D eigenvalue weighted by Gasteiger charge is -2.18. The van der Waals surface area contributed by atoms with Gasteiger partial charge >= 0.3 is 0 Å². The number of aliphatic hydroxyl groups is 2. The van der Waals surface area contributed by atoms with E-state index in [0.717, 1.165) is 0 Å². The highest BCUT2D eigenvalue weighted by molar-refractivity contribution is 5.60. The van der Waals surface area contributed by atoms with E-state index in [1.165, 1.54) is 12.1 Å². The van der Waals surface area contributed by atoms with Crippen LogP contribution in [0, 0.1) is 17.1 Å². The molecule has 0 saturated carbocycles. The number of anilines is 1. The maximum atomic E-state index is 13.3. The van der Waals surface area contributed by atoms with Gasteiger partial charge in [0.25, 0.3) is 0 Å². The number of nitriles is 1. The molecule has 1 aliphatic heterocycles. The van der Waals surface area contributed by atoms with E-state index in [1.54, 1.807) is 17.0 Å². The fourth-order valence-electron chi connectivity index (χ4n) is 1.85. The second-order valence-electron chi connectivity index (χ2n) is 3.79. The van der Waals surface area contributed by atoms with Crippen LogP contribution in [-0.4, -0.2) is 35.5 Å². The first-order valence-electron chi connectivity index (χ1n) is 4.93. The molecule has 2 rings (SSSR count). The second kappa shape index (κ2) is 4.08. The maximum Gasteiger partial charge on any atom is 0.143 e. The van der Waals surface area contributed by atoms with E-state index in [4.69, 9.17) is 5.26 Å². The Bertz CT molecular complexity index is 434. The molecule has 2 unspecified atom stereocenters. The van der Waals surface area contributed by atoms with Crippen LogP contribution in [0.25, 0.3) is 0 Å². The summed E-state index contributed by atoms with van der Waals surface area (Å²) in [6, 6.07) is 6.11. The number of benzene rings is 1. The predicted octanol–water partition coefficient (Wildman–Crippen LogP) is 0.239. The Morgan fingerprint density at radius 1 is 1.31 bits per heavy atom. The van der Waals surface area contributed by atoms with Gasteiger partial charge in [0.1, 0.15) is 17.4 Å². The van der Waals surface area contributed by atoms with Gasteiger partial charge in [0.2, 0.25) is 0 Å². The Morgan fingerprint density at radius 3 is 2.50 bits per heavy atom. The minimum Gasteiger partial charge on any atom is -0.389 e. The predicted molar refractivity (Wildman–Crippen MR) is 55.3 cm³/mol. The average molecular weight is 222 g/mol. The summed E-state index contributed by atoms with van der Waals surface area (Å²) in [5.41, 5.74) is 0.363. The highest BCUT2D eigenvalue weighted by Crippen LogP contribution is 2.26. The summed E-state index contributed by atoms with van der Waals surface area (Å²) >= 11 is 0. The minimum absolute atomic E-state index is 0.0520.